The Morgan fingerprint density at radius 2 is 1.92 bits per heavy atom. The van der Waals surface area contributed by atoms with Crippen LogP contribution in [-0.2, 0) is 6.54 Å². The molecule has 0 bridgehead atoms. The molecule has 0 aliphatic carbocycles. The molecule has 2 aromatic heterocycles. The average molecular weight is 396 g/mol. The van der Waals surface area contributed by atoms with Crippen molar-refractivity contribution in [3.05, 3.63) is 83.2 Å². The van der Waals surface area contributed by atoms with Crippen molar-refractivity contribution >= 4 is 46.1 Å². The number of carbonyl (C=O) groups excluding carboxylic acids is 1. The van der Waals surface area contributed by atoms with Crippen LogP contribution in [0.1, 0.15) is 15.2 Å². The van der Waals surface area contributed by atoms with Crippen molar-refractivity contribution in [1.29, 1.82) is 0 Å². The second-order valence-electron chi connectivity index (χ2n) is 5.09. The van der Waals surface area contributed by atoms with Gasteiger partial charge in [-0.3, -0.25) is 14.2 Å². The van der Waals surface area contributed by atoms with E-state index in [0.717, 1.165) is 15.6 Å². The van der Waals surface area contributed by atoms with Crippen LogP contribution in [0.5, 0.6) is 0 Å². The monoisotopic (exact) mass is 395 g/mol. The fourth-order valence-corrected chi connectivity index (χ4v) is 3.42. The van der Waals surface area contributed by atoms with E-state index in [9.17, 15) is 14.4 Å². The van der Waals surface area contributed by atoms with Crippen molar-refractivity contribution in [1.82, 2.24) is 9.55 Å². The van der Waals surface area contributed by atoms with Crippen molar-refractivity contribution in [3.63, 3.8) is 0 Å². The third-order valence-corrected chi connectivity index (χ3v) is 4.62. The molecule has 0 aliphatic rings. The number of H-pyrrole nitrogens is 1. The Bertz CT molecular complexity index is 1020. The van der Waals surface area contributed by atoms with Gasteiger partial charge in [0.25, 0.3) is 11.5 Å². The summed E-state index contributed by atoms with van der Waals surface area (Å²) >= 11 is 13.2. The number of hydrogen-bond acceptors (Lipinski definition) is 4. The number of amides is 1. The summed E-state index contributed by atoms with van der Waals surface area (Å²) in [6, 6.07) is 8.14. The predicted molar refractivity (Wildman–Crippen MR) is 99.2 cm³/mol. The molecular formula is C16H11Cl2N3O3S. The maximum Gasteiger partial charge on any atom is 0.328 e. The molecule has 1 amide bonds. The Balaban J connectivity index is 1.93. The molecule has 0 radical (unpaired) electrons. The number of rotatable bonds is 4. The normalized spacial score (nSPS) is 10.6. The fraction of sp³-hybridized carbons (Fsp3) is 0.0625. The van der Waals surface area contributed by atoms with Crippen LogP contribution in [0.3, 0.4) is 0 Å². The lowest BCUT2D eigenvalue weighted by molar-refractivity contribution is 0.102. The van der Waals surface area contributed by atoms with Gasteiger partial charge in [-0.15, -0.1) is 11.3 Å². The van der Waals surface area contributed by atoms with Crippen molar-refractivity contribution in [2.45, 2.75) is 6.54 Å². The lowest BCUT2D eigenvalue weighted by Crippen LogP contribution is -2.39. The van der Waals surface area contributed by atoms with Crippen molar-refractivity contribution in [2.24, 2.45) is 0 Å². The maximum atomic E-state index is 12.5. The van der Waals surface area contributed by atoms with Crippen LogP contribution in [-0.4, -0.2) is 15.5 Å². The van der Waals surface area contributed by atoms with Gasteiger partial charge in [-0.1, -0.05) is 29.3 Å². The quantitative estimate of drug-likeness (QED) is 0.711. The van der Waals surface area contributed by atoms with E-state index in [0.29, 0.717) is 15.7 Å². The number of aromatic amines is 1. The van der Waals surface area contributed by atoms with E-state index in [1.807, 2.05) is 11.4 Å². The third-order valence-electron chi connectivity index (χ3n) is 3.32. The number of nitrogens with zero attached hydrogens (tertiary/aromatic N) is 1. The Morgan fingerprint density at radius 1 is 1.20 bits per heavy atom. The summed E-state index contributed by atoms with van der Waals surface area (Å²) in [4.78, 5) is 40.1. The van der Waals surface area contributed by atoms with E-state index in [2.05, 4.69) is 10.3 Å². The number of thiophene rings is 1. The summed E-state index contributed by atoms with van der Waals surface area (Å²) < 4.78 is 0.978. The molecule has 9 heteroatoms. The van der Waals surface area contributed by atoms with Crippen LogP contribution in [0.15, 0.2) is 51.5 Å². The van der Waals surface area contributed by atoms with E-state index in [4.69, 9.17) is 23.2 Å². The number of nitrogens with one attached hydrogen (secondary N) is 2. The van der Waals surface area contributed by atoms with E-state index in [1.54, 1.807) is 6.07 Å². The van der Waals surface area contributed by atoms with Gasteiger partial charge in [-0.25, -0.2) is 4.79 Å². The first-order valence-electron chi connectivity index (χ1n) is 7.06. The molecule has 0 aliphatic heterocycles. The average Bonchev–Trinajstić information content (AvgIpc) is 3.03. The minimum atomic E-state index is -0.678. The number of hydrogen-bond donors (Lipinski definition) is 2. The van der Waals surface area contributed by atoms with Crippen LogP contribution in [0.2, 0.25) is 10.0 Å². The van der Waals surface area contributed by atoms with Gasteiger partial charge >= 0.3 is 5.69 Å². The molecule has 0 saturated carbocycles. The fourth-order valence-electron chi connectivity index (χ4n) is 2.20. The molecule has 2 N–H and O–H groups in total. The zero-order valence-corrected chi connectivity index (χ0v) is 14.9. The van der Waals surface area contributed by atoms with E-state index in [-0.39, 0.29) is 12.1 Å². The van der Waals surface area contributed by atoms with Gasteiger partial charge in [0, 0.05) is 26.8 Å². The standard InChI is InChI=1S/C16H11Cl2N3O3S/c17-9-4-10(18)6-11(5-9)20-14(22)13-7-19-16(24)21(15(13)23)8-12-2-1-3-25-12/h1-7H,8H2,(H,19,24)(H,20,22). The highest BCUT2D eigenvalue weighted by molar-refractivity contribution is 7.09. The summed E-state index contributed by atoms with van der Waals surface area (Å²) in [5.41, 5.74) is -1.10. The molecule has 3 aromatic rings. The van der Waals surface area contributed by atoms with Crippen molar-refractivity contribution < 1.29 is 4.79 Å². The van der Waals surface area contributed by atoms with Gasteiger partial charge in [-0.05, 0) is 29.6 Å². The number of benzene rings is 1. The number of anilines is 1. The first-order valence-corrected chi connectivity index (χ1v) is 8.70. The summed E-state index contributed by atoms with van der Waals surface area (Å²) in [6.07, 6.45) is 1.09. The van der Waals surface area contributed by atoms with Gasteiger partial charge in [0.1, 0.15) is 5.56 Å². The number of aromatic nitrogens is 2. The topological polar surface area (TPSA) is 84.0 Å². The first-order chi connectivity index (χ1) is 11.9. The number of carbonyl (C=O) groups is 1. The molecule has 3 rings (SSSR count). The lowest BCUT2D eigenvalue weighted by Gasteiger charge is -2.08. The Kier molecular flexibility index (Phi) is 5.08. The highest BCUT2D eigenvalue weighted by Crippen LogP contribution is 2.22. The molecule has 6 nitrogen and oxygen atoms in total. The zero-order valence-electron chi connectivity index (χ0n) is 12.6. The predicted octanol–water partition coefficient (Wildman–Crippen LogP) is 3.21. The summed E-state index contributed by atoms with van der Waals surface area (Å²) in [5.74, 6) is -0.667. The largest absolute Gasteiger partial charge is 0.328 e. The second kappa shape index (κ2) is 7.26. The molecule has 1 aromatic carbocycles. The van der Waals surface area contributed by atoms with E-state index >= 15 is 0 Å². The Labute approximate surface area is 155 Å². The number of halogens is 2. The Hall–Kier alpha value is -2.35. The van der Waals surface area contributed by atoms with Crippen LogP contribution in [0, 0.1) is 0 Å². The molecular weight excluding hydrogens is 385 g/mol. The molecule has 0 atom stereocenters. The van der Waals surface area contributed by atoms with E-state index < -0.39 is 17.2 Å². The zero-order chi connectivity index (χ0) is 18.0. The highest BCUT2D eigenvalue weighted by Gasteiger charge is 2.16. The minimum Gasteiger partial charge on any atom is -0.322 e. The Morgan fingerprint density at radius 3 is 2.56 bits per heavy atom. The van der Waals surface area contributed by atoms with Gasteiger partial charge in [0.2, 0.25) is 0 Å². The molecule has 2 heterocycles. The van der Waals surface area contributed by atoms with Gasteiger partial charge in [-0.2, -0.15) is 0 Å². The summed E-state index contributed by atoms with van der Waals surface area (Å²) in [7, 11) is 0. The molecule has 0 fully saturated rings. The maximum absolute atomic E-state index is 12.5. The van der Waals surface area contributed by atoms with Crippen LogP contribution in [0.25, 0.3) is 0 Å². The molecule has 0 unspecified atom stereocenters. The van der Waals surface area contributed by atoms with Crippen LogP contribution in [0.4, 0.5) is 5.69 Å². The van der Waals surface area contributed by atoms with Crippen molar-refractivity contribution in [3.8, 4) is 0 Å². The van der Waals surface area contributed by atoms with Gasteiger partial charge < -0.3 is 10.3 Å². The smallest absolute Gasteiger partial charge is 0.322 e. The van der Waals surface area contributed by atoms with Crippen LogP contribution < -0.4 is 16.6 Å². The third kappa shape index (κ3) is 4.01. The highest BCUT2D eigenvalue weighted by atomic mass is 35.5. The van der Waals surface area contributed by atoms with Gasteiger partial charge in [0.05, 0.1) is 6.54 Å². The summed E-state index contributed by atoms with van der Waals surface area (Å²) in [5, 5.41) is 5.08. The second-order valence-corrected chi connectivity index (χ2v) is 7.00. The van der Waals surface area contributed by atoms with Crippen molar-refractivity contribution in [2.75, 3.05) is 5.32 Å². The molecule has 0 saturated heterocycles. The molecule has 0 spiro atoms. The first kappa shape index (κ1) is 17.5. The van der Waals surface area contributed by atoms with E-state index in [1.165, 1.54) is 29.5 Å². The summed E-state index contributed by atoms with van der Waals surface area (Å²) in [6.45, 7) is 0.0932. The van der Waals surface area contributed by atoms with Gasteiger partial charge in [0.15, 0.2) is 0 Å². The van der Waals surface area contributed by atoms with Crippen LogP contribution >= 0.6 is 34.5 Å². The SMILES string of the molecule is O=C(Nc1cc(Cl)cc(Cl)c1)c1c[nH]c(=O)n(Cc2cccs2)c1=O. The molecule has 25 heavy (non-hydrogen) atoms. The molecule has 128 valence electrons. The minimum absolute atomic E-state index is 0.0932. The lowest BCUT2D eigenvalue weighted by atomic mass is 10.2.